The predicted octanol–water partition coefficient (Wildman–Crippen LogP) is 2.76. The number of carbonyl (C=O) groups excluding carboxylic acids is 7. The predicted molar refractivity (Wildman–Crippen MR) is 377 cm³/mol. The number of morpholine rings is 2. The molecule has 2 fully saturated rings. The third kappa shape index (κ3) is 23.1. The van der Waals surface area contributed by atoms with Crippen LogP contribution in [0.2, 0.25) is 0 Å². The molecule has 0 aliphatic carbocycles. The molecule has 33 heteroatoms. The van der Waals surface area contributed by atoms with Crippen molar-refractivity contribution in [3.05, 3.63) is 145 Å². The lowest BCUT2D eigenvalue weighted by molar-refractivity contribution is -0.742. The van der Waals surface area contributed by atoms with Crippen molar-refractivity contribution >= 4 is 96.5 Å². The molecule has 1 unspecified atom stereocenters. The van der Waals surface area contributed by atoms with Crippen molar-refractivity contribution in [2.24, 2.45) is 0 Å². The maximum atomic E-state index is 13.9. The Bertz CT molecular complexity index is 4000. The van der Waals surface area contributed by atoms with Crippen LogP contribution in [-0.4, -0.2) is 170 Å². The number of hydrogen-bond donors (Lipinski definition) is 12. The molecule has 542 valence electrons. The topological polar surface area (TPSA) is 375 Å². The molecule has 12 N–H and O–H groups in total. The van der Waals surface area contributed by atoms with Gasteiger partial charge in [-0.3, -0.25) is 74.6 Å². The van der Waals surface area contributed by atoms with Gasteiger partial charge >= 0.3 is 23.6 Å². The highest BCUT2D eigenvalue weighted by molar-refractivity contribution is 7.92. The summed E-state index contributed by atoms with van der Waals surface area (Å²) >= 11 is 0. The Morgan fingerprint density at radius 1 is 0.554 bits per heavy atom. The van der Waals surface area contributed by atoms with E-state index in [0.29, 0.717) is 112 Å². The molecule has 31 nitrogen and oxygen atoms in total. The van der Waals surface area contributed by atoms with Gasteiger partial charge in [0, 0.05) is 121 Å². The van der Waals surface area contributed by atoms with E-state index < -0.39 is 61.6 Å². The number of pyridine rings is 2. The number of unbranched alkanes of at least 4 members (excludes halogenated alkanes) is 1. The van der Waals surface area contributed by atoms with E-state index in [4.69, 9.17) is 23.8 Å². The van der Waals surface area contributed by atoms with Crippen LogP contribution in [0.25, 0.3) is 0 Å². The third-order valence-corrected chi connectivity index (χ3v) is 18.8. The van der Waals surface area contributed by atoms with Crippen LogP contribution in [0.1, 0.15) is 69.3 Å². The van der Waals surface area contributed by atoms with Gasteiger partial charge in [0.05, 0.1) is 79.8 Å². The normalized spacial score (nSPS) is 13.8. The number of hydrogen-bond acceptors (Lipinski definition) is 20. The fraction of sp³-hybridized carbons (Fsp3) is 0.397. The second-order valence-corrected chi connectivity index (χ2v) is 27.3. The number of amides is 7. The van der Waals surface area contributed by atoms with Crippen molar-refractivity contribution in [2.75, 3.05) is 137 Å². The number of ether oxygens (including phenoxy) is 4. The number of sulfonamides is 1. The van der Waals surface area contributed by atoms with E-state index in [1.165, 1.54) is 50.6 Å². The number of nitrogens with zero attached hydrogens (tertiary/aromatic N) is 4. The third-order valence-electron chi connectivity index (χ3n) is 16.3. The van der Waals surface area contributed by atoms with Crippen LogP contribution in [0, 0.1) is 0 Å². The van der Waals surface area contributed by atoms with Gasteiger partial charge in [0.15, 0.2) is 24.8 Å². The minimum absolute atomic E-state index is 0.120. The van der Waals surface area contributed by atoms with Gasteiger partial charge in [-0.25, -0.2) is 18.1 Å². The Morgan fingerprint density at radius 2 is 1.07 bits per heavy atom. The monoisotopic (exact) mass is 1430 g/mol. The van der Waals surface area contributed by atoms with Crippen molar-refractivity contribution in [1.82, 2.24) is 42.1 Å². The molecule has 7 amide bonds. The smallest absolute Gasteiger partial charge is 0.327 e. The largest absolute Gasteiger partial charge is 0.494 e. The van der Waals surface area contributed by atoms with Gasteiger partial charge in [-0.05, 0) is 112 Å². The highest BCUT2D eigenvalue weighted by Gasteiger charge is 2.39. The maximum absolute atomic E-state index is 13.9. The first-order chi connectivity index (χ1) is 48.5. The van der Waals surface area contributed by atoms with Crippen LogP contribution < -0.4 is 81.8 Å². The molecular formula is C68H90N16O15S2+2. The second kappa shape index (κ2) is 37.5. The van der Waals surface area contributed by atoms with Gasteiger partial charge in [-0.1, -0.05) is 12.1 Å². The number of benzene rings is 4. The lowest BCUT2D eigenvalue weighted by atomic mass is 10.0. The van der Waals surface area contributed by atoms with Crippen LogP contribution in [0.15, 0.2) is 144 Å². The van der Waals surface area contributed by atoms with Crippen molar-refractivity contribution in [2.45, 2.75) is 80.9 Å². The number of carbonyl (C=O) groups is 7. The molecular weight excluding hydrogens is 1340 g/mol. The minimum Gasteiger partial charge on any atom is -0.494 e. The number of aromatic nitrogens is 2. The molecule has 1 atom stereocenters. The first kappa shape index (κ1) is 76.9. The standard InChI is InChI=1S/C68H88N16O15S2/c1-67(2,65(90)73-50-17-9-19-54(41-50)100(92)79-52-21-23-56(58(43-52)95-5)75-77-63(88)61(86)70-26-13-29-81-33-37-97-38-34-81)83-31-11-15-48(45-83)47-99-72-28-8-7-25-69-60(85)49-16-12-32-84(46-49)68(3,4)66(91)74-51-18-10-20-55(42-51)101(93,94)80-53-22-24-57(59(44-53)96-6)76-78-64(89)62(87)71-27-14-30-82-35-39-98-40-36-82/h9-12,15-24,31-32,41-46,72H,7-8,13-14,25-30,33-40,47H2,1-6H3,(H9-2,69,70,71,73,74,75,76,77,78,79,80,85,86,87,88,89,90,91)/p+2. The van der Waals surface area contributed by atoms with E-state index in [1.54, 1.807) is 116 Å². The Hall–Kier alpha value is -9.87. The molecule has 0 saturated carbocycles. The SMILES string of the molecule is COc1cc(NS(=O)c2cccc(NC(=O)C(C)(C)[n+]3cccc(CONCCCCNC(=O)c4ccc[n+](C(C)(C)C(=O)Nc5cccc(S(=O)(=O)Nc6ccc(NNC(=O)C(=O)NCCCN7CCOCC7)c(OC)c6)c5)c4)c3)c2)ccc1NNC(=O)C(=O)NCCCN1CCOCC1. The summed E-state index contributed by atoms with van der Waals surface area (Å²) in [4.78, 5) is 101. The Kier molecular flexibility index (Phi) is 28.6. The van der Waals surface area contributed by atoms with Crippen LogP contribution in [-0.2, 0) is 81.8 Å². The van der Waals surface area contributed by atoms with Crippen molar-refractivity contribution in [3.63, 3.8) is 0 Å². The number of hydrazine groups is 2. The van der Waals surface area contributed by atoms with Crippen LogP contribution in [0.4, 0.5) is 34.1 Å². The quantitative estimate of drug-likeness (QED) is 0.0118. The van der Waals surface area contributed by atoms with E-state index in [2.05, 4.69) is 73.0 Å². The lowest BCUT2D eigenvalue weighted by Gasteiger charge is -2.26. The second-order valence-electron chi connectivity index (χ2n) is 24.4. The van der Waals surface area contributed by atoms with Gasteiger partial charge in [0.1, 0.15) is 28.0 Å². The van der Waals surface area contributed by atoms with Crippen molar-refractivity contribution < 1.29 is 79.1 Å². The molecule has 4 aromatic carbocycles. The van der Waals surface area contributed by atoms with Crippen LogP contribution >= 0.6 is 0 Å². The molecule has 101 heavy (non-hydrogen) atoms. The van der Waals surface area contributed by atoms with Gasteiger partial charge in [-0.15, -0.1) is 0 Å². The molecule has 6 aromatic rings. The number of methoxy groups -OCH3 is 2. The van der Waals surface area contributed by atoms with Gasteiger partial charge < -0.3 is 50.3 Å². The zero-order valence-corrected chi connectivity index (χ0v) is 59.0. The maximum Gasteiger partial charge on any atom is 0.327 e. The fourth-order valence-electron chi connectivity index (χ4n) is 10.3. The highest BCUT2D eigenvalue weighted by Crippen LogP contribution is 2.31. The minimum atomic E-state index is -4.22. The first-order valence-electron chi connectivity index (χ1n) is 32.9. The average Bonchev–Trinajstić information content (AvgIpc) is 0.814. The molecule has 2 saturated heterocycles. The average molecular weight is 1440 g/mol. The summed E-state index contributed by atoms with van der Waals surface area (Å²) in [5.41, 5.74) is 13.5. The molecule has 4 heterocycles. The summed E-state index contributed by atoms with van der Waals surface area (Å²) < 4.78 is 71.3. The van der Waals surface area contributed by atoms with Crippen molar-refractivity contribution in [3.8, 4) is 11.5 Å². The molecule has 2 aliphatic heterocycles. The Labute approximate surface area is 589 Å². The van der Waals surface area contributed by atoms with E-state index in [1.807, 2.05) is 18.3 Å². The summed E-state index contributed by atoms with van der Waals surface area (Å²) in [6.07, 6.45) is 9.41. The summed E-state index contributed by atoms with van der Waals surface area (Å²) in [5, 5.41) is 13.9. The fourth-order valence-corrected chi connectivity index (χ4v) is 12.2. The van der Waals surface area contributed by atoms with Crippen molar-refractivity contribution in [1.29, 1.82) is 0 Å². The lowest BCUT2D eigenvalue weighted by Crippen LogP contribution is -2.59. The van der Waals surface area contributed by atoms with E-state index in [0.717, 1.165) is 44.8 Å². The van der Waals surface area contributed by atoms with Crippen LogP contribution in [0.3, 0.4) is 0 Å². The summed E-state index contributed by atoms with van der Waals surface area (Å²) in [6.45, 7) is 16.0. The van der Waals surface area contributed by atoms with E-state index in [-0.39, 0.29) is 46.1 Å². The molecule has 0 bridgehead atoms. The van der Waals surface area contributed by atoms with Crippen LogP contribution in [0.5, 0.6) is 11.5 Å². The van der Waals surface area contributed by atoms with Gasteiger partial charge in [0.25, 0.3) is 27.7 Å². The summed E-state index contributed by atoms with van der Waals surface area (Å²) in [6, 6.07) is 28.3. The summed E-state index contributed by atoms with van der Waals surface area (Å²) in [7, 11) is -3.22. The number of rotatable bonds is 35. The Balaban J connectivity index is 0.719. The zero-order chi connectivity index (χ0) is 72.4. The number of nitrogens with one attached hydrogen (secondary N) is 12. The summed E-state index contributed by atoms with van der Waals surface area (Å²) in [5.74, 6) is -4.17. The molecule has 0 radical (unpaired) electrons. The van der Waals surface area contributed by atoms with Gasteiger partial charge in [0.2, 0.25) is 11.1 Å². The molecule has 0 spiro atoms. The first-order valence-corrected chi connectivity index (χ1v) is 35.5. The van der Waals surface area contributed by atoms with E-state index in [9.17, 15) is 46.2 Å². The number of anilines is 6. The zero-order valence-electron chi connectivity index (χ0n) is 57.4. The highest BCUT2D eigenvalue weighted by atomic mass is 32.2. The molecule has 2 aromatic heterocycles. The van der Waals surface area contributed by atoms with E-state index >= 15 is 0 Å². The van der Waals surface area contributed by atoms with Gasteiger partial charge in [-0.2, -0.15) is 9.13 Å². The Morgan fingerprint density at radius 3 is 1.65 bits per heavy atom. The number of hydroxylamine groups is 1. The molecule has 8 rings (SSSR count). The molecule has 2 aliphatic rings.